The molecule has 154 valence electrons. The Labute approximate surface area is 187 Å². The van der Waals surface area contributed by atoms with E-state index in [1.807, 2.05) is 19.1 Å². The summed E-state index contributed by atoms with van der Waals surface area (Å²) in [5.74, 6) is 3.79. The van der Waals surface area contributed by atoms with Crippen LogP contribution in [0.3, 0.4) is 0 Å². The Hall–Kier alpha value is -2.82. The zero-order valence-corrected chi connectivity index (χ0v) is 18.8. The Morgan fingerprint density at radius 2 is 2.17 bits per heavy atom. The van der Waals surface area contributed by atoms with Gasteiger partial charge in [0, 0.05) is 27.5 Å². The van der Waals surface area contributed by atoms with Crippen LogP contribution in [0.25, 0.3) is 10.9 Å². The van der Waals surface area contributed by atoms with E-state index < -0.39 is 0 Å². The zero-order valence-electron chi connectivity index (χ0n) is 16.5. The zero-order chi connectivity index (χ0) is 21.7. The van der Waals surface area contributed by atoms with Crippen molar-refractivity contribution in [2.75, 3.05) is 13.7 Å². The Balaban J connectivity index is 2.17. The third-order valence-electron chi connectivity index (χ3n) is 4.23. The van der Waals surface area contributed by atoms with Crippen LogP contribution in [-0.4, -0.2) is 29.6 Å². The topological polar surface area (TPSA) is 65.7 Å². The summed E-state index contributed by atoms with van der Waals surface area (Å²) < 4.78 is 13.1. The summed E-state index contributed by atoms with van der Waals surface area (Å²) >= 11 is 9.60. The van der Waals surface area contributed by atoms with E-state index in [1.54, 1.807) is 18.2 Å². The first-order chi connectivity index (χ1) is 14.5. The van der Waals surface area contributed by atoms with Crippen LogP contribution in [0.15, 0.2) is 44.7 Å². The number of methoxy groups -OCH3 is 1. The number of halogens is 2. The molecule has 0 saturated heterocycles. The minimum atomic E-state index is -0.263. The molecule has 8 heteroatoms. The number of nitrogens with zero attached hydrogens (tertiary/aromatic N) is 3. The molecule has 1 heterocycles. The minimum Gasteiger partial charge on any atom is -0.493 e. The molecule has 3 rings (SSSR count). The second kappa shape index (κ2) is 9.79. The summed E-state index contributed by atoms with van der Waals surface area (Å²) in [6.07, 6.45) is 8.22. The molecular formula is C22H19BrClN3O3. The molecule has 0 unspecified atom stereocenters. The first-order valence-corrected chi connectivity index (χ1v) is 10.3. The van der Waals surface area contributed by atoms with Gasteiger partial charge in [0.05, 0.1) is 24.2 Å². The van der Waals surface area contributed by atoms with Crippen LogP contribution in [0.2, 0.25) is 5.02 Å². The molecule has 0 spiro atoms. The minimum absolute atomic E-state index is 0.0470. The summed E-state index contributed by atoms with van der Waals surface area (Å²) in [5, 5.41) is 5.32. The fourth-order valence-electron chi connectivity index (χ4n) is 2.92. The van der Waals surface area contributed by atoms with Crippen LogP contribution in [0, 0.1) is 12.3 Å². The summed E-state index contributed by atoms with van der Waals surface area (Å²) in [7, 11) is 1.50. The molecule has 0 bridgehead atoms. The fourth-order valence-corrected chi connectivity index (χ4v) is 3.50. The first kappa shape index (κ1) is 21.9. The lowest BCUT2D eigenvalue weighted by Gasteiger charge is -2.13. The highest BCUT2D eigenvalue weighted by molar-refractivity contribution is 9.10. The molecule has 0 radical (unpaired) electrons. The van der Waals surface area contributed by atoms with Crippen molar-refractivity contribution in [1.29, 1.82) is 0 Å². The van der Waals surface area contributed by atoms with Crippen LogP contribution in [0.4, 0.5) is 0 Å². The highest BCUT2D eigenvalue weighted by Crippen LogP contribution is 2.34. The molecule has 0 aliphatic rings. The third kappa shape index (κ3) is 4.66. The molecule has 0 atom stereocenters. The molecule has 0 amide bonds. The molecule has 6 nitrogen and oxygen atoms in total. The maximum absolute atomic E-state index is 13.1. The van der Waals surface area contributed by atoms with Crippen molar-refractivity contribution in [2.24, 2.45) is 5.10 Å². The van der Waals surface area contributed by atoms with Gasteiger partial charge in [-0.15, -0.1) is 6.42 Å². The van der Waals surface area contributed by atoms with Crippen molar-refractivity contribution >= 4 is 44.6 Å². The van der Waals surface area contributed by atoms with Crippen LogP contribution in [-0.2, 0) is 6.42 Å². The normalized spacial score (nSPS) is 11.0. The van der Waals surface area contributed by atoms with Crippen molar-refractivity contribution in [1.82, 2.24) is 9.66 Å². The van der Waals surface area contributed by atoms with Crippen molar-refractivity contribution < 1.29 is 9.47 Å². The highest BCUT2D eigenvalue weighted by Gasteiger charge is 2.14. The van der Waals surface area contributed by atoms with Gasteiger partial charge < -0.3 is 9.47 Å². The molecule has 0 saturated carbocycles. The van der Waals surface area contributed by atoms with E-state index in [2.05, 4.69) is 31.9 Å². The lowest BCUT2D eigenvalue weighted by atomic mass is 10.2. The summed E-state index contributed by atoms with van der Waals surface area (Å²) in [4.78, 5) is 17.7. The van der Waals surface area contributed by atoms with E-state index in [0.29, 0.717) is 45.2 Å². The molecule has 2 aromatic carbocycles. The number of aryl methyl sites for hydroxylation is 1. The number of hydrogen-bond acceptors (Lipinski definition) is 5. The third-order valence-corrected chi connectivity index (χ3v) is 4.94. The largest absolute Gasteiger partial charge is 0.493 e. The van der Waals surface area contributed by atoms with Crippen LogP contribution in [0.1, 0.15) is 24.7 Å². The Kier molecular flexibility index (Phi) is 7.14. The second-order valence-electron chi connectivity index (χ2n) is 6.32. The fraction of sp³-hybridized carbons (Fsp3) is 0.227. The maximum Gasteiger partial charge on any atom is 0.282 e. The SMILES string of the molecule is C#CCOc1c(C=Nn2c(CCC)nc3ccc(Br)cc3c2=O)cc(Cl)cc1OC. The number of benzene rings is 2. The molecule has 1 aromatic heterocycles. The van der Waals surface area contributed by atoms with Gasteiger partial charge in [-0.05, 0) is 30.7 Å². The van der Waals surface area contributed by atoms with Crippen LogP contribution >= 0.6 is 27.5 Å². The van der Waals surface area contributed by atoms with Gasteiger partial charge in [-0.3, -0.25) is 4.79 Å². The van der Waals surface area contributed by atoms with Gasteiger partial charge in [-0.25, -0.2) is 4.98 Å². The van der Waals surface area contributed by atoms with Crippen molar-refractivity contribution in [3.8, 4) is 23.8 Å². The standard InChI is InChI=1S/C22H19BrClN3O3/c1-4-6-20-26-18-8-7-15(23)11-17(18)22(28)27(20)25-13-14-10-16(24)12-19(29-3)21(14)30-9-5-2/h2,7-8,10-13H,4,6,9H2,1,3H3. The number of ether oxygens (including phenoxy) is 2. The van der Waals surface area contributed by atoms with Gasteiger partial charge in [0.1, 0.15) is 12.4 Å². The van der Waals surface area contributed by atoms with Crippen molar-refractivity contribution in [3.05, 3.63) is 61.6 Å². The van der Waals surface area contributed by atoms with E-state index in [-0.39, 0.29) is 12.2 Å². The van der Waals surface area contributed by atoms with E-state index in [1.165, 1.54) is 18.0 Å². The Bertz CT molecular complexity index is 1210. The predicted molar refractivity (Wildman–Crippen MR) is 123 cm³/mol. The summed E-state index contributed by atoms with van der Waals surface area (Å²) in [6, 6.07) is 8.67. The number of rotatable bonds is 7. The van der Waals surface area contributed by atoms with Gasteiger partial charge in [0.25, 0.3) is 5.56 Å². The highest BCUT2D eigenvalue weighted by atomic mass is 79.9. The monoisotopic (exact) mass is 487 g/mol. The van der Waals surface area contributed by atoms with Gasteiger partial charge in [0.2, 0.25) is 0 Å². The molecule has 30 heavy (non-hydrogen) atoms. The molecule has 0 aliphatic carbocycles. The number of terminal acetylenes is 1. The average Bonchev–Trinajstić information content (AvgIpc) is 2.73. The quantitative estimate of drug-likeness (QED) is 0.358. The molecule has 0 fully saturated rings. The number of aromatic nitrogens is 2. The van der Waals surface area contributed by atoms with Gasteiger partial charge in [0.15, 0.2) is 11.5 Å². The second-order valence-corrected chi connectivity index (χ2v) is 7.67. The number of fused-ring (bicyclic) bond motifs is 1. The summed E-state index contributed by atoms with van der Waals surface area (Å²) in [5.41, 5.74) is 0.889. The average molecular weight is 489 g/mol. The van der Waals surface area contributed by atoms with Crippen LogP contribution < -0.4 is 15.0 Å². The molecule has 0 aliphatic heterocycles. The Morgan fingerprint density at radius 1 is 1.37 bits per heavy atom. The maximum atomic E-state index is 13.1. The smallest absolute Gasteiger partial charge is 0.282 e. The van der Waals surface area contributed by atoms with E-state index in [9.17, 15) is 4.79 Å². The predicted octanol–water partition coefficient (Wildman–Crippen LogP) is 4.67. The van der Waals surface area contributed by atoms with Crippen LogP contribution in [0.5, 0.6) is 11.5 Å². The van der Waals surface area contributed by atoms with Crippen molar-refractivity contribution in [3.63, 3.8) is 0 Å². The lowest BCUT2D eigenvalue weighted by molar-refractivity contribution is 0.330. The Morgan fingerprint density at radius 3 is 2.87 bits per heavy atom. The molecule has 3 aromatic rings. The van der Waals surface area contributed by atoms with Gasteiger partial charge in [-0.2, -0.15) is 9.78 Å². The molecule has 0 N–H and O–H groups in total. The van der Waals surface area contributed by atoms with E-state index >= 15 is 0 Å². The first-order valence-electron chi connectivity index (χ1n) is 9.17. The number of hydrogen-bond donors (Lipinski definition) is 0. The molecular weight excluding hydrogens is 470 g/mol. The van der Waals surface area contributed by atoms with Crippen molar-refractivity contribution in [2.45, 2.75) is 19.8 Å². The lowest BCUT2D eigenvalue weighted by Crippen LogP contribution is -2.22. The van der Waals surface area contributed by atoms with E-state index in [0.717, 1.165) is 10.9 Å². The van der Waals surface area contributed by atoms with E-state index in [4.69, 9.17) is 27.5 Å². The van der Waals surface area contributed by atoms with Gasteiger partial charge >= 0.3 is 0 Å². The summed E-state index contributed by atoms with van der Waals surface area (Å²) in [6.45, 7) is 2.06. The van der Waals surface area contributed by atoms with Gasteiger partial charge in [-0.1, -0.05) is 40.4 Å².